The summed E-state index contributed by atoms with van der Waals surface area (Å²) < 4.78 is 11.6. The van der Waals surface area contributed by atoms with Crippen molar-refractivity contribution >= 4 is 23.0 Å². The van der Waals surface area contributed by atoms with Crippen LogP contribution >= 0.6 is 11.8 Å². The van der Waals surface area contributed by atoms with E-state index in [-0.39, 0.29) is 22.5 Å². The summed E-state index contributed by atoms with van der Waals surface area (Å²) in [5.41, 5.74) is -0.581. The van der Waals surface area contributed by atoms with E-state index in [0.29, 0.717) is 18.6 Å². The topological polar surface area (TPSA) is 55.8 Å². The molecule has 0 bridgehead atoms. The van der Waals surface area contributed by atoms with Crippen LogP contribution in [0.1, 0.15) is 77.6 Å². The smallest absolute Gasteiger partial charge is 0.412 e. The van der Waals surface area contributed by atoms with Gasteiger partial charge >= 0.3 is 6.09 Å². The molecule has 2 atom stereocenters. The molecule has 0 N–H and O–H groups in total. The van der Waals surface area contributed by atoms with E-state index in [0.717, 1.165) is 19.3 Å². The fourth-order valence-electron chi connectivity index (χ4n) is 3.49. The quantitative estimate of drug-likeness (QED) is 0.550. The van der Waals surface area contributed by atoms with Gasteiger partial charge in [-0.05, 0) is 47.5 Å². The van der Waals surface area contributed by atoms with Crippen molar-refractivity contribution < 1.29 is 19.1 Å². The molecule has 1 saturated heterocycles. The number of amides is 1. The van der Waals surface area contributed by atoms with Gasteiger partial charge in [0, 0.05) is 10.8 Å². The number of hydrogen-bond acceptors (Lipinski definition) is 5. The zero-order chi connectivity index (χ0) is 21.7. The van der Waals surface area contributed by atoms with Gasteiger partial charge < -0.3 is 9.47 Å². The van der Waals surface area contributed by atoms with Gasteiger partial charge in [0.2, 0.25) is 5.12 Å². The summed E-state index contributed by atoms with van der Waals surface area (Å²) in [5.74, 6) is 0. The molecule has 5 nitrogen and oxygen atoms in total. The summed E-state index contributed by atoms with van der Waals surface area (Å²) >= 11 is 1.38. The van der Waals surface area contributed by atoms with Crippen molar-refractivity contribution in [2.45, 2.75) is 89.8 Å². The summed E-state index contributed by atoms with van der Waals surface area (Å²) in [6.07, 6.45) is 3.38. The number of unbranched alkanes of at least 4 members (excludes halogenated alkanes) is 1. The van der Waals surface area contributed by atoms with E-state index in [1.165, 1.54) is 11.8 Å². The van der Waals surface area contributed by atoms with Crippen molar-refractivity contribution in [1.82, 2.24) is 4.90 Å². The molecule has 0 spiro atoms. The Bertz CT molecular complexity index is 684. The van der Waals surface area contributed by atoms with Crippen molar-refractivity contribution in [3.05, 3.63) is 35.9 Å². The largest absolute Gasteiger partial charge is 0.444 e. The van der Waals surface area contributed by atoms with Crippen LogP contribution < -0.4 is 0 Å². The van der Waals surface area contributed by atoms with Gasteiger partial charge in [-0.25, -0.2) is 4.79 Å². The van der Waals surface area contributed by atoms with Crippen LogP contribution in [0.2, 0.25) is 0 Å². The van der Waals surface area contributed by atoms with Gasteiger partial charge in [0.25, 0.3) is 0 Å². The average molecular weight is 422 g/mol. The first-order chi connectivity index (χ1) is 13.5. The normalized spacial score (nSPS) is 19.8. The average Bonchev–Trinajstić information content (AvgIpc) is 2.93. The van der Waals surface area contributed by atoms with Crippen molar-refractivity contribution in [3.8, 4) is 0 Å². The summed E-state index contributed by atoms with van der Waals surface area (Å²) in [6.45, 7) is 12.0. The molecule has 1 aliphatic heterocycles. The van der Waals surface area contributed by atoms with E-state index in [9.17, 15) is 9.59 Å². The van der Waals surface area contributed by atoms with E-state index < -0.39 is 11.3 Å². The highest BCUT2D eigenvalue weighted by Crippen LogP contribution is 2.35. The number of hydrogen-bond donors (Lipinski definition) is 0. The van der Waals surface area contributed by atoms with Crippen LogP contribution in [0.3, 0.4) is 0 Å². The first kappa shape index (κ1) is 23.7. The molecule has 6 heteroatoms. The summed E-state index contributed by atoms with van der Waals surface area (Å²) in [5, 5.41) is 0.198. The lowest BCUT2D eigenvalue weighted by atomic mass is 10.1. The second-order valence-electron chi connectivity index (χ2n) is 9.03. The Morgan fingerprint density at radius 1 is 1.28 bits per heavy atom. The Morgan fingerprint density at radius 2 is 1.93 bits per heavy atom. The Labute approximate surface area is 179 Å². The number of benzene rings is 1. The van der Waals surface area contributed by atoms with Crippen LogP contribution in [-0.2, 0) is 9.47 Å². The van der Waals surface area contributed by atoms with Crippen LogP contribution in [0.25, 0.3) is 0 Å². The second-order valence-corrected chi connectivity index (χ2v) is 10.3. The first-order valence-electron chi connectivity index (χ1n) is 10.5. The number of thioether (sulfide) groups is 1. The monoisotopic (exact) mass is 421 g/mol. The maximum absolute atomic E-state index is 12.9. The summed E-state index contributed by atoms with van der Waals surface area (Å²) in [7, 11) is 0. The molecule has 1 fully saturated rings. The third-order valence-corrected chi connectivity index (χ3v) is 6.07. The first-order valence-corrected chi connectivity index (χ1v) is 11.3. The molecule has 0 radical (unpaired) electrons. The molecular formula is C23H35NO4S. The predicted octanol–water partition coefficient (Wildman–Crippen LogP) is 5.88. The molecule has 1 aliphatic rings. The van der Waals surface area contributed by atoms with Gasteiger partial charge in [-0.2, -0.15) is 0 Å². The summed E-state index contributed by atoms with van der Waals surface area (Å²) in [6, 6.07) is 9.26. The SMILES string of the molecule is CCCC[C@@H](C[C@H]1COC(C)(C)N1C(=O)OC(C)(C)C)SC(=O)c1ccccc1. The second kappa shape index (κ2) is 9.98. The molecule has 1 amide bonds. The number of rotatable bonds is 7. The molecule has 1 aromatic rings. The van der Waals surface area contributed by atoms with E-state index in [4.69, 9.17) is 9.47 Å². The lowest BCUT2D eigenvalue weighted by Crippen LogP contribution is -2.50. The lowest BCUT2D eigenvalue weighted by Gasteiger charge is -2.36. The molecule has 29 heavy (non-hydrogen) atoms. The van der Waals surface area contributed by atoms with E-state index >= 15 is 0 Å². The van der Waals surface area contributed by atoms with Gasteiger partial charge in [0.15, 0.2) is 0 Å². The molecule has 0 unspecified atom stereocenters. The Balaban J connectivity index is 2.13. The highest BCUT2D eigenvalue weighted by Gasteiger charge is 2.46. The highest BCUT2D eigenvalue weighted by atomic mass is 32.2. The third-order valence-electron chi connectivity index (χ3n) is 4.86. The molecule has 1 aromatic carbocycles. The zero-order valence-electron chi connectivity index (χ0n) is 18.6. The van der Waals surface area contributed by atoms with Crippen LogP contribution in [0.15, 0.2) is 30.3 Å². The van der Waals surface area contributed by atoms with Gasteiger partial charge in [-0.1, -0.05) is 61.9 Å². The fourth-order valence-corrected chi connectivity index (χ4v) is 4.67. The van der Waals surface area contributed by atoms with Gasteiger partial charge in [0.1, 0.15) is 11.3 Å². The lowest BCUT2D eigenvalue weighted by molar-refractivity contribution is -0.0626. The maximum Gasteiger partial charge on any atom is 0.412 e. The molecule has 0 aliphatic carbocycles. The minimum Gasteiger partial charge on any atom is -0.444 e. The highest BCUT2D eigenvalue weighted by molar-refractivity contribution is 8.14. The predicted molar refractivity (Wildman–Crippen MR) is 118 cm³/mol. The Morgan fingerprint density at radius 3 is 2.52 bits per heavy atom. The van der Waals surface area contributed by atoms with Crippen molar-refractivity contribution in [1.29, 1.82) is 0 Å². The molecule has 1 heterocycles. The number of carbonyl (C=O) groups excluding carboxylic acids is 2. The standard InChI is InChI=1S/C23H35NO4S/c1-7-8-14-19(29-20(25)17-12-10-9-11-13-17)15-18-16-27-23(5,6)24(18)21(26)28-22(2,3)4/h9-13,18-19H,7-8,14-16H2,1-6H3/t18-,19-/m0/s1. The van der Waals surface area contributed by atoms with E-state index in [1.54, 1.807) is 4.90 Å². The zero-order valence-corrected chi connectivity index (χ0v) is 19.4. The number of nitrogens with zero attached hydrogens (tertiary/aromatic N) is 1. The third kappa shape index (κ3) is 7.03. The Hall–Kier alpha value is -1.53. The van der Waals surface area contributed by atoms with Crippen LogP contribution in [0.5, 0.6) is 0 Å². The number of ether oxygens (including phenoxy) is 2. The van der Waals surface area contributed by atoms with Crippen molar-refractivity contribution in [3.63, 3.8) is 0 Å². The molecule has 0 aromatic heterocycles. The van der Waals surface area contributed by atoms with Gasteiger partial charge in [-0.3, -0.25) is 9.69 Å². The molecule has 2 rings (SSSR count). The minimum absolute atomic E-state index is 0.0775. The van der Waals surface area contributed by atoms with Crippen LogP contribution in [0.4, 0.5) is 4.79 Å². The van der Waals surface area contributed by atoms with Crippen LogP contribution in [0, 0.1) is 0 Å². The van der Waals surface area contributed by atoms with Gasteiger partial charge in [0.05, 0.1) is 12.6 Å². The molecule has 0 saturated carbocycles. The minimum atomic E-state index is -0.726. The number of carbonyl (C=O) groups is 2. The molecule has 162 valence electrons. The maximum atomic E-state index is 12.9. The molecular weight excluding hydrogens is 386 g/mol. The summed E-state index contributed by atoms with van der Waals surface area (Å²) in [4.78, 5) is 27.3. The van der Waals surface area contributed by atoms with Gasteiger partial charge in [-0.15, -0.1) is 0 Å². The Kier molecular flexibility index (Phi) is 8.18. The van der Waals surface area contributed by atoms with Crippen molar-refractivity contribution in [2.75, 3.05) is 6.61 Å². The van der Waals surface area contributed by atoms with E-state index in [1.807, 2.05) is 65.0 Å². The van der Waals surface area contributed by atoms with Crippen LogP contribution in [-0.4, -0.2) is 45.3 Å². The van der Waals surface area contributed by atoms with Crippen molar-refractivity contribution in [2.24, 2.45) is 0 Å². The fraction of sp³-hybridized carbons (Fsp3) is 0.652. The van der Waals surface area contributed by atoms with E-state index in [2.05, 4.69) is 6.92 Å².